The SMILES string of the molecule is CCNC(=O)/C(C#N)=c1\s/c(=C/Nc2cccc(NC(=O)CN3CCN(c4cccc(OC)c4)CC3)n2)c(=O)n1CC. The van der Waals surface area contributed by atoms with Gasteiger partial charge in [-0.25, -0.2) is 4.98 Å². The van der Waals surface area contributed by atoms with Crippen molar-refractivity contribution in [1.29, 1.82) is 5.26 Å². The summed E-state index contributed by atoms with van der Waals surface area (Å²) in [5.74, 6) is 0.925. The number of hydrogen-bond acceptors (Lipinski definition) is 10. The first-order valence-electron chi connectivity index (χ1n) is 13.6. The van der Waals surface area contributed by atoms with Crippen LogP contribution in [-0.2, 0) is 16.1 Å². The van der Waals surface area contributed by atoms with E-state index in [1.54, 1.807) is 39.2 Å². The Labute approximate surface area is 247 Å². The summed E-state index contributed by atoms with van der Waals surface area (Å²) in [6.45, 7) is 7.54. The molecule has 0 saturated carbocycles. The van der Waals surface area contributed by atoms with Gasteiger partial charge < -0.3 is 25.6 Å². The number of benzene rings is 1. The molecule has 0 spiro atoms. The highest BCUT2D eigenvalue weighted by Crippen LogP contribution is 2.22. The molecule has 2 amide bonds. The van der Waals surface area contributed by atoms with Gasteiger partial charge in [0.1, 0.15) is 32.6 Å². The van der Waals surface area contributed by atoms with Gasteiger partial charge >= 0.3 is 0 Å². The molecule has 3 aromatic rings. The molecule has 12 nitrogen and oxygen atoms in total. The zero-order valence-corrected chi connectivity index (χ0v) is 24.7. The van der Waals surface area contributed by atoms with Gasteiger partial charge in [-0.2, -0.15) is 5.26 Å². The van der Waals surface area contributed by atoms with Crippen LogP contribution in [0.25, 0.3) is 11.8 Å². The molecule has 2 aromatic heterocycles. The molecule has 3 heterocycles. The van der Waals surface area contributed by atoms with E-state index in [-0.39, 0.29) is 23.6 Å². The molecule has 1 aliphatic heterocycles. The molecule has 4 rings (SSSR count). The molecule has 3 N–H and O–H groups in total. The van der Waals surface area contributed by atoms with Gasteiger partial charge in [-0.05, 0) is 38.1 Å². The number of piperazine rings is 1. The van der Waals surface area contributed by atoms with E-state index in [1.165, 1.54) is 10.8 Å². The van der Waals surface area contributed by atoms with Crippen molar-refractivity contribution in [2.24, 2.45) is 0 Å². The molecular weight excluding hydrogens is 556 g/mol. The lowest BCUT2D eigenvalue weighted by atomic mass is 10.2. The summed E-state index contributed by atoms with van der Waals surface area (Å²) in [6.07, 6.45) is 1.49. The van der Waals surface area contributed by atoms with Crippen LogP contribution in [-0.4, -0.2) is 72.6 Å². The zero-order valence-electron chi connectivity index (χ0n) is 23.8. The molecule has 1 saturated heterocycles. The van der Waals surface area contributed by atoms with Gasteiger partial charge in [0.05, 0.1) is 13.7 Å². The molecule has 0 radical (unpaired) electrons. The van der Waals surface area contributed by atoms with Crippen molar-refractivity contribution in [2.75, 3.05) is 61.9 Å². The van der Waals surface area contributed by atoms with E-state index in [9.17, 15) is 19.6 Å². The molecule has 0 atom stereocenters. The number of aromatic nitrogens is 2. The minimum atomic E-state index is -0.521. The number of carbonyl (C=O) groups is 2. The van der Waals surface area contributed by atoms with Crippen molar-refractivity contribution < 1.29 is 14.3 Å². The second-order valence-corrected chi connectivity index (χ2v) is 10.4. The third kappa shape index (κ3) is 7.34. The average Bonchev–Trinajstić information content (AvgIpc) is 3.31. The maximum Gasteiger partial charge on any atom is 0.270 e. The third-order valence-corrected chi connectivity index (χ3v) is 7.77. The summed E-state index contributed by atoms with van der Waals surface area (Å²) in [5, 5.41) is 18.0. The fraction of sp³-hybridized carbons (Fsp3) is 0.345. The number of ether oxygens (including phenoxy) is 1. The van der Waals surface area contributed by atoms with Gasteiger partial charge in [-0.1, -0.05) is 12.1 Å². The summed E-state index contributed by atoms with van der Waals surface area (Å²) in [5.41, 5.74) is 0.671. The summed E-state index contributed by atoms with van der Waals surface area (Å²) in [4.78, 5) is 46.8. The molecule has 1 fully saturated rings. The van der Waals surface area contributed by atoms with Crippen LogP contribution in [0.3, 0.4) is 0 Å². The van der Waals surface area contributed by atoms with E-state index in [0.717, 1.165) is 49.0 Å². The fourth-order valence-electron chi connectivity index (χ4n) is 4.52. The Morgan fingerprint density at radius 2 is 1.86 bits per heavy atom. The number of anilines is 3. The monoisotopic (exact) mass is 590 g/mol. The maximum absolute atomic E-state index is 12.9. The van der Waals surface area contributed by atoms with E-state index < -0.39 is 5.91 Å². The van der Waals surface area contributed by atoms with Gasteiger partial charge in [0.25, 0.3) is 11.5 Å². The van der Waals surface area contributed by atoms with Crippen LogP contribution in [0.5, 0.6) is 5.75 Å². The van der Waals surface area contributed by atoms with Crippen LogP contribution < -0.4 is 40.3 Å². The number of rotatable bonds is 10. The van der Waals surface area contributed by atoms with Crippen LogP contribution in [0.1, 0.15) is 13.8 Å². The van der Waals surface area contributed by atoms with E-state index >= 15 is 0 Å². The van der Waals surface area contributed by atoms with Gasteiger partial charge in [-0.15, -0.1) is 11.3 Å². The highest BCUT2D eigenvalue weighted by Gasteiger charge is 2.20. The Kier molecular flexibility index (Phi) is 10.3. The Morgan fingerprint density at radius 3 is 2.55 bits per heavy atom. The largest absolute Gasteiger partial charge is 0.497 e. The molecule has 0 aliphatic carbocycles. The van der Waals surface area contributed by atoms with E-state index in [0.29, 0.717) is 33.9 Å². The van der Waals surface area contributed by atoms with Gasteiger partial charge in [0.2, 0.25) is 5.91 Å². The molecule has 42 heavy (non-hydrogen) atoms. The molecule has 1 aliphatic rings. The van der Waals surface area contributed by atoms with Crippen molar-refractivity contribution >= 4 is 52.2 Å². The highest BCUT2D eigenvalue weighted by molar-refractivity contribution is 7.07. The second kappa shape index (κ2) is 14.3. The Hall–Kier alpha value is -4.67. The molecule has 0 bridgehead atoms. The quantitative estimate of drug-likeness (QED) is 0.312. The summed E-state index contributed by atoms with van der Waals surface area (Å²) >= 11 is 1.05. The van der Waals surface area contributed by atoms with Gasteiger partial charge in [-0.3, -0.25) is 23.9 Å². The van der Waals surface area contributed by atoms with Crippen molar-refractivity contribution in [3.05, 3.63) is 62.0 Å². The predicted octanol–water partition coefficient (Wildman–Crippen LogP) is 0.754. The fourth-order valence-corrected chi connectivity index (χ4v) is 5.60. The number of amides is 2. The van der Waals surface area contributed by atoms with Crippen molar-refractivity contribution in [3.63, 3.8) is 0 Å². The van der Waals surface area contributed by atoms with Crippen LogP contribution >= 0.6 is 11.3 Å². The van der Waals surface area contributed by atoms with Crippen LogP contribution in [0.15, 0.2) is 47.3 Å². The van der Waals surface area contributed by atoms with Crippen LogP contribution in [0.4, 0.5) is 17.3 Å². The number of thiazole rings is 1. The van der Waals surface area contributed by atoms with E-state index in [1.807, 2.05) is 24.3 Å². The predicted molar refractivity (Wildman–Crippen MR) is 164 cm³/mol. The summed E-state index contributed by atoms with van der Waals surface area (Å²) < 4.78 is 7.33. The number of pyridine rings is 1. The molecule has 0 unspecified atom stereocenters. The lowest BCUT2D eigenvalue weighted by Crippen LogP contribution is -2.48. The number of nitrogens with zero attached hydrogens (tertiary/aromatic N) is 5. The lowest BCUT2D eigenvalue weighted by molar-refractivity contribution is -0.117. The first-order chi connectivity index (χ1) is 20.4. The Morgan fingerprint density at radius 1 is 1.12 bits per heavy atom. The van der Waals surface area contributed by atoms with E-state index in [2.05, 4.69) is 36.8 Å². The van der Waals surface area contributed by atoms with Crippen molar-refractivity contribution in [2.45, 2.75) is 20.4 Å². The normalized spacial score (nSPS) is 14.6. The van der Waals surface area contributed by atoms with Gasteiger partial charge in [0.15, 0.2) is 5.57 Å². The molecule has 1 aromatic carbocycles. The first kappa shape index (κ1) is 30.3. The Bertz CT molecular complexity index is 1650. The Balaban J connectivity index is 1.39. The van der Waals surface area contributed by atoms with Crippen molar-refractivity contribution in [1.82, 2.24) is 19.8 Å². The van der Waals surface area contributed by atoms with Crippen LogP contribution in [0.2, 0.25) is 0 Å². The molecule has 220 valence electrons. The first-order valence-corrected chi connectivity index (χ1v) is 14.5. The highest BCUT2D eigenvalue weighted by atomic mass is 32.1. The summed E-state index contributed by atoms with van der Waals surface area (Å²) in [7, 11) is 1.65. The minimum absolute atomic E-state index is 0.106. The number of carbonyl (C=O) groups excluding carboxylic acids is 2. The lowest BCUT2D eigenvalue weighted by Gasteiger charge is -2.35. The maximum atomic E-state index is 12.9. The molecule has 13 heteroatoms. The number of nitriles is 1. The third-order valence-electron chi connectivity index (χ3n) is 6.64. The van der Waals surface area contributed by atoms with Crippen LogP contribution in [0, 0.1) is 11.3 Å². The molecular formula is C29H34N8O4S. The standard InChI is InChI=1S/C29H34N8O4S/c1-4-31-27(39)22(17-30)29-37(5-2)28(40)23(42-29)18-32-24-10-7-11-25(33-24)34-26(38)19-35-12-14-36(15-13-35)20-8-6-9-21(16-20)41-3/h6-11,16,18H,4-5,12-15,19H2,1-3H3,(H,31,39)(H2,32,33,34,38)/b23-18+,29-22-. The minimum Gasteiger partial charge on any atom is -0.497 e. The zero-order chi connectivity index (χ0) is 30.1. The smallest absolute Gasteiger partial charge is 0.270 e. The van der Waals surface area contributed by atoms with Crippen molar-refractivity contribution in [3.8, 4) is 11.8 Å². The second-order valence-electron chi connectivity index (χ2n) is 9.38. The average molecular weight is 591 g/mol. The van der Waals surface area contributed by atoms with Gasteiger partial charge in [0, 0.05) is 57.2 Å². The van der Waals surface area contributed by atoms with E-state index in [4.69, 9.17) is 4.74 Å². The number of methoxy groups -OCH3 is 1. The topological polar surface area (TPSA) is 145 Å². The number of hydrogen-bond donors (Lipinski definition) is 3. The summed E-state index contributed by atoms with van der Waals surface area (Å²) in [6, 6.07) is 15.0. The number of nitrogens with one attached hydrogen (secondary N) is 3.